The first kappa shape index (κ1) is 17.9. The third-order valence-corrected chi connectivity index (χ3v) is 4.69. The van der Waals surface area contributed by atoms with Crippen LogP contribution in [-0.4, -0.2) is 4.57 Å². The second kappa shape index (κ2) is 7.65. The molecular formula is C22H16Cl2NZr-. The maximum absolute atomic E-state index is 4.93. The standard InChI is InChI=1S/C22H16N.2ClH.Zr/c1-15-13-16-7-6-12-22(19(16)14-15)23-20-10-4-2-8-17(20)18-9-3-5-11-21(18)23;;;/h2-14H,1H3;2*1H;/q-1;;;+2/p-2. The van der Waals surface area contributed by atoms with E-state index < -0.39 is 20.8 Å². The first-order valence-electron chi connectivity index (χ1n) is 8.35. The zero-order valence-corrected chi connectivity index (χ0v) is 18.2. The Morgan fingerprint density at radius 1 is 0.769 bits per heavy atom. The molecular weight excluding hydrogens is 440 g/mol. The monoisotopic (exact) mass is 454 g/mol. The average molecular weight is 457 g/mol. The number of nitrogens with zero attached hydrogens (tertiary/aromatic N) is 1. The quantitative estimate of drug-likeness (QED) is 0.233. The molecule has 0 fully saturated rings. The Balaban J connectivity index is 0.000000527. The van der Waals surface area contributed by atoms with Crippen LogP contribution < -0.4 is 0 Å². The fraction of sp³-hybridized carbons (Fsp3) is 0.0455. The minimum absolute atomic E-state index is 0.826. The first-order chi connectivity index (χ1) is 12.7. The molecule has 0 radical (unpaired) electrons. The molecule has 4 aromatic carbocycles. The molecule has 0 aliphatic rings. The Morgan fingerprint density at radius 3 is 1.96 bits per heavy atom. The summed E-state index contributed by atoms with van der Waals surface area (Å²) in [4.78, 5) is 0. The molecule has 128 valence electrons. The summed E-state index contributed by atoms with van der Waals surface area (Å²) < 4.78 is 2.40. The van der Waals surface area contributed by atoms with E-state index in [1.807, 2.05) is 0 Å². The third-order valence-electron chi connectivity index (χ3n) is 4.69. The van der Waals surface area contributed by atoms with Gasteiger partial charge in [-0.05, 0) is 12.1 Å². The summed E-state index contributed by atoms with van der Waals surface area (Å²) in [7, 11) is 9.87. The van der Waals surface area contributed by atoms with E-state index >= 15 is 0 Å². The van der Waals surface area contributed by atoms with Crippen molar-refractivity contribution in [2.45, 2.75) is 6.92 Å². The number of fused-ring (bicyclic) bond motifs is 4. The van der Waals surface area contributed by atoms with Crippen LogP contribution in [0.5, 0.6) is 0 Å². The van der Waals surface area contributed by atoms with Gasteiger partial charge < -0.3 is 4.57 Å². The van der Waals surface area contributed by atoms with Gasteiger partial charge in [0.1, 0.15) is 0 Å². The molecule has 0 spiro atoms. The van der Waals surface area contributed by atoms with Gasteiger partial charge >= 0.3 is 37.9 Å². The molecule has 0 aliphatic heterocycles. The van der Waals surface area contributed by atoms with E-state index in [1.165, 1.54) is 43.8 Å². The predicted octanol–water partition coefficient (Wildman–Crippen LogP) is 7.34. The normalized spacial score (nSPS) is 10.9. The van der Waals surface area contributed by atoms with E-state index in [1.54, 1.807) is 0 Å². The summed E-state index contributed by atoms with van der Waals surface area (Å²) in [6.45, 7) is 2.16. The van der Waals surface area contributed by atoms with Crippen molar-refractivity contribution in [3.63, 3.8) is 0 Å². The van der Waals surface area contributed by atoms with Crippen LogP contribution in [0, 0.1) is 6.92 Å². The molecule has 1 nitrogen and oxygen atoms in total. The molecule has 0 atom stereocenters. The van der Waals surface area contributed by atoms with Crippen molar-refractivity contribution in [2.24, 2.45) is 0 Å². The van der Waals surface area contributed by atoms with Gasteiger partial charge in [0.05, 0.1) is 11.0 Å². The Labute approximate surface area is 171 Å². The van der Waals surface area contributed by atoms with Gasteiger partial charge in [-0.2, -0.15) is 6.07 Å². The third kappa shape index (κ3) is 3.05. The second-order valence-corrected chi connectivity index (χ2v) is 9.99. The van der Waals surface area contributed by atoms with Crippen molar-refractivity contribution in [3.05, 3.63) is 84.4 Å². The maximum atomic E-state index is 4.93. The van der Waals surface area contributed by atoms with Crippen LogP contribution in [0.4, 0.5) is 0 Å². The molecule has 1 aromatic heterocycles. The Morgan fingerprint density at radius 2 is 1.35 bits per heavy atom. The molecule has 0 aliphatic carbocycles. The molecule has 5 aromatic rings. The summed E-state index contributed by atoms with van der Waals surface area (Å²) in [6.07, 6.45) is 0. The van der Waals surface area contributed by atoms with E-state index in [-0.39, 0.29) is 0 Å². The fourth-order valence-corrected chi connectivity index (χ4v) is 3.75. The van der Waals surface area contributed by atoms with Crippen LogP contribution in [0.3, 0.4) is 0 Å². The molecule has 0 amide bonds. The van der Waals surface area contributed by atoms with Crippen LogP contribution >= 0.6 is 17.0 Å². The van der Waals surface area contributed by atoms with Crippen LogP contribution in [-0.2, 0) is 20.8 Å². The number of aromatic nitrogens is 1. The number of aryl methyl sites for hydroxylation is 1. The van der Waals surface area contributed by atoms with Crippen LogP contribution in [0.2, 0.25) is 0 Å². The fourth-order valence-electron chi connectivity index (χ4n) is 3.75. The summed E-state index contributed by atoms with van der Waals surface area (Å²) >= 11 is -0.826. The number of halogens is 2. The topological polar surface area (TPSA) is 4.93 Å². The number of benzene rings is 3. The Bertz CT molecular complexity index is 1150. The van der Waals surface area contributed by atoms with Crippen molar-refractivity contribution in [1.29, 1.82) is 0 Å². The molecule has 1 heterocycles. The van der Waals surface area contributed by atoms with Gasteiger partial charge in [0.25, 0.3) is 0 Å². The van der Waals surface area contributed by atoms with Crippen LogP contribution in [0.1, 0.15) is 5.56 Å². The van der Waals surface area contributed by atoms with Crippen molar-refractivity contribution in [1.82, 2.24) is 4.57 Å². The Kier molecular flexibility index (Phi) is 5.27. The van der Waals surface area contributed by atoms with E-state index in [4.69, 9.17) is 17.0 Å². The molecule has 0 bridgehead atoms. The zero-order chi connectivity index (χ0) is 18.1. The molecule has 0 saturated carbocycles. The van der Waals surface area contributed by atoms with Crippen molar-refractivity contribution < 1.29 is 20.8 Å². The van der Waals surface area contributed by atoms with E-state index in [0.29, 0.717) is 0 Å². The van der Waals surface area contributed by atoms with E-state index in [9.17, 15) is 0 Å². The van der Waals surface area contributed by atoms with Gasteiger partial charge in [0.2, 0.25) is 0 Å². The van der Waals surface area contributed by atoms with Crippen molar-refractivity contribution >= 4 is 49.6 Å². The number of rotatable bonds is 1. The predicted molar refractivity (Wildman–Crippen MR) is 110 cm³/mol. The number of hydrogen-bond donors (Lipinski definition) is 0. The van der Waals surface area contributed by atoms with Crippen molar-refractivity contribution in [3.8, 4) is 5.69 Å². The molecule has 0 saturated heterocycles. The first-order valence-corrected chi connectivity index (χ1v) is 14.7. The molecule has 4 heteroatoms. The number of para-hydroxylation sites is 2. The zero-order valence-electron chi connectivity index (χ0n) is 14.2. The van der Waals surface area contributed by atoms with Gasteiger partial charge in [0, 0.05) is 16.5 Å². The van der Waals surface area contributed by atoms with Gasteiger partial charge in [0.15, 0.2) is 0 Å². The van der Waals surface area contributed by atoms with Crippen molar-refractivity contribution in [2.75, 3.05) is 0 Å². The summed E-state index contributed by atoms with van der Waals surface area (Å²) in [5.41, 5.74) is 5.10. The number of hydrogen-bond acceptors (Lipinski definition) is 0. The second-order valence-electron chi connectivity index (χ2n) is 6.25. The molecule has 26 heavy (non-hydrogen) atoms. The van der Waals surface area contributed by atoms with Gasteiger partial charge in [-0.15, -0.1) is 34.5 Å². The Hall–Kier alpha value is -1.47. The molecule has 0 unspecified atom stereocenters. The summed E-state index contributed by atoms with van der Waals surface area (Å²) in [5.74, 6) is 0. The van der Waals surface area contributed by atoms with E-state index in [2.05, 4.69) is 90.4 Å². The van der Waals surface area contributed by atoms with Crippen LogP contribution in [0.15, 0.2) is 78.9 Å². The van der Waals surface area contributed by atoms with E-state index in [0.717, 1.165) is 0 Å². The van der Waals surface area contributed by atoms with Gasteiger partial charge in [-0.25, -0.2) is 0 Å². The van der Waals surface area contributed by atoms with Crippen LogP contribution in [0.25, 0.3) is 38.3 Å². The average Bonchev–Trinajstić information content (AvgIpc) is 3.19. The molecule has 0 N–H and O–H groups in total. The van der Waals surface area contributed by atoms with Gasteiger partial charge in [-0.3, -0.25) is 0 Å². The minimum atomic E-state index is -0.826. The SMILES string of the molecule is Cc1cc2c(-n3c4ccccc4c4ccccc43)cccc2[cH-]1.[Cl][Zr][Cl]. The summed E-state index contributed by atoms with van der Waals surface area (Å²) in [6, 6.07) is 28.4. The van der Waals surface area contributed by atoms with Gasteiger partial charge in [-0.1, -0.05) is 49.4 Å². The summed E-state index contributed by atoms with van der Waals surface area (Å²) in [5, 5.41) is 5.24. The molecule has 5 rings (SSSR count).